The van der Waals surface area contributed by atoms with E-state index < -0.39 is 10.0 Å². The number of aromatic nitrogens is 1. The summed E-state index contributed by atoms with van der Waals surface area (Å²) in [5.41, 5.74) is -0.264. The Bertz CT molecular complexity index is 803. The van der Waals surface area contributed by atoms with Crippen molar-refractivity contribution in [2.45, 2.75) is 30.6 Å². The smallest absolute Gasteiger partial charge is 0.255 e. The molecule has 5 nitrogen and oxygen atoms in total. The number of pyridine rings is 1. The molecule has 0 aliphatic carbocycles. The third kappa shape index (κ3) is 2.61. The lowest BCUT2D eigenvalue weighted by Gasteiger charge is -2.20. The van der Waals surface area contributed by atoms with E-state index in [9.17, 15) is 13.2 Å². The highest BCUT2D eigenvalue weighted by Gasteiger charge is 2.26. The first kappa shape index (κ1) is 14.3. The molecule has 2 aromatic rings. The number of nitrogens with one attached hydrogen (secondary N) is 1. The lowest BCUT2D eigenvalue weighted by Crippen LogP contribution is -2.32. The molecule has 0 atom stereocenters. The minimum absolute atomic E-state index is 0.230. The van der Waals surface area contributed by atoms with Crippen LogP contribution in [0.1, 0.15) is 25.7 Å². The lowest BCUT2D eigenvalue weighted by atomic mass is 10.2. The summed E-state index contributed by atoms with van der Waals surface area (Å²) in [5, 5.41) is 0.902. The van der Waals surface area contributed by atoms with Crippen LogP contribution in [0.2, 0.25) is 0 Å². The third-order valence-electron chi connectivity index (χ3n) is 3.96. The predicted molar refractivity (Wildman–Crippen MR) is 81.8 cm³/mol. The molecule has 1 aromatic carbocycles. The van der Waals surface area contributed by atoms with Gasteiger partial charge in [0, 0.05) is 30.1 Å². The van der Waals surface area contributed by atoms with Crippen LogP contribution in [0.25, 0.3) is 10.8 Å². The summed E-state index contributed by atoms with van der Waals surface area (Å²) >= 11 is 0. The van der Waals surface area contributed by atoms with Crippen LogP contribution in [0.3, 0.4) is 0 Å². The number of hydrogen-bond donors (Lipinski definition) is 1. The summed E-state index contributed by atoms with van der Waals surface area (Å²) in [6.07, 6.45) is 5.42. The minimum atomic E-state index is -3.55. The molecule has 0 radical (unpaired) electrons. The van der Waals surface area contributed by atoms with Crippen LogP contribution in [0.5, 0.6) is 0 Å². The molecule has 1 saturated heterocycles. The number of fused-ring (bicyclic) bond motifs is 1. The van der Waals surface area contributed by atoms with Gasteiger partial charge < -0.3 is 4.98 Å². The standard InChI is InChI=1S/C15H18N2O3S/c18-15-13-6-5-7-14(12(13)8-9-16-15)21(19,20)17-10-3-1-2-4-11-17/h5-9H,1-4,10-11H2,(H,16,18). The average molecular weight is 306 g/mol. The van der Waals surface area contributed by atoms with Crippen molar-refractivity contribution < 1.29 is 8.42 Å². The largest absolute Gasteiger partial charge is 0.329 e. The van der Waals surface area contributed by atoms with Crippen molar-refractivity contribution in [3.8, 4) is 0 Å². The molecule has 0 spiro atoms. The third-order valence-corrected chi connectivity index (χ3v) is 5.91. The van der Waals surface area contributed by atoms with Gasteiger partial charge in [0.2, 0.25) is 10.0 Å². The molecule has 2 heterocycles. The summed E-state index contributed by atoms with van der Waals surface area (Å²) in [6, 6.07) is 6.52. The summed E-state index contributed by atoms with van der Waals surface area (Å²) in [7, 11) is -3.55. The fourth-order valence-corrected chi connectivity index (χ4v) is 4.56. The van der Waals surface area contributed by atoms with Crippen molar-refractivity contribution in [3.63, 3.8) is 0 Å². The van der Waals surface area contributed by atoms with Crippen LogP contribution in [-0.2, 0) is 10.0 Å². The average Bonchev–Trinajstić information content (AvgIpc) is 2.77. The van der Waals surface area contributed by atoms with E-state index in [4.69, 9.17) is 0 Å². The van der Waals surface area contributed by atoms with Gasteiger partial charge in [-0.1, -0.05) is 18.9 Å². The molecule has 21 heavy (non-hydrogen) atoms. The molecule has 0 amide bonds. The molecule has 0 bridgehead atoms. The van der Waals surface area contributed by atoms with Gasteiger partial charge in [0.25, 0.3) is 5.56 Å². The fraction of sp³-hybridized carbons (Fsp3) is 0.400. The number of sulfonamides is 1. The zero-order valence-electron chi connectivity index (χ0n) is 11.7. The Labute approximate surface area is 123 Å². The summed E-state index contributed by atoms with van der Waals surface area (Å²) < 4.78 is 27.3. The van der Waals surface area contributed by atoms with E-state index >= 15 is 0 Å². The van der Waals surface area contributed by atoms with Gasteiger partial charge in [-0.2, -0.15) is 4.31 Å². The second-order valence-corrected chi connectivity index (χ2v) is 7.25. The zero-order valence-corrected chi connectivity index (χ0v) is 12.5. The Morgan fingerprint density at radius 1 is 0.952 bits per heavy atom. The number of aromatic amines is 1. The van der Waals surface area contributed by atoms with E-state index in [1.165, 1.54) is 6.20 Å². The first-order valence-corrected chi connectivity index (χ1v) is 8.65. The molecule has 6 heteroatoms. The first-order chi connectivity index (χ1) is 10.1. The molecule has 0 saturated carbocycles. The van der Waals surface area contributed by atoms with Crippen LogP contribution in [0.4, 0.5) is 0 Å². The molecule has 3 rings (SSSR count). The van der Waals surface area contributed by atoms with Gasteiger partial charge in [0.15, 0.2) is 0 Å². The summed E-state index contributed by atoms with van der Waals surface area (Å²) in [5.74, 6) is 0. The van der Waals surface area contributed by atoms with Crippen molar-refractivity contribution in [1.82, 2.24) is 9.29 Å². The molecule has 112 valence electrons. The predicted octanol–water partition coefficient (Wildman–Crippen LogP) is 2.09. The monoisotopic (exact) mass is 306 g/mol. The Balaban J connectivity index is 2.15. The first-order valence-electron chi connectivity index (χ1n) is 7.21. The highest BCUT2D eigenvalue weighted by Crippen LogP contribution is 2.25. The van der Waals surface area contributed by atoms with E-state index in [1.54, 1.807) is 28.6 Å². The van der Waals surface area contributed by atoms with Gasteiger partial charge in [-0.3, -0.25) is 4.79 Å². The van der Waals surface area contributed by atoms with Crippen LogP contribution < -0.4 is 5.56 Å². The second-order valence-electron chi connectivity index (χ2n) is 5.34. The van der Waals surface area contributed by atoms with Gasteiger partial charge in [-0.25, -0.2) is 8.42 Å². The van der Waals surface area contributed by atoms with E-state index in [0.29, 0.717) is 23.9 Å². The van der Waals surface area contributed by atoms with E-state index in [2.05, 4.69) is 4.98 Å². The summed E-state index contributed by atoms with van der Waals surface area (Å²) in [6.45, 7) is 1.11. The van der Waals surface area contributed by atoms with Crippen molar-refractivity contribution in [2.75, 3.05) is 13.1 Å². The maximum absolute atomic E-state index is 12.9. The Morgan fingerprint density at radius 3 is 2.38 bits per heavy atom. The molecule has 1 fully saturated rings. The molecule has 1 N–H and O–H groups in total. The molecule has 0 unspecified atom stereocenters. The van der Waals surface area contributed by atoms with Crippen molar-refractivity contribution in [3.05, 3.63) is 40.8 Å². The second kappa shape index (κ2) is 5.61. The van der Waals surface area contributed by atoms with Gasteiger partial charge >= 0.3 is 0 Å². The van der Waals surface area contributed by atoms with Crippen molar-refractivity contribution >= 4 is 20.8 Å². The Kier molecular flexibility index (Phi) is 3.82. The SMILES string of the molecule is O=c1[nH]ccc2c(S(=O)(=O)N3CCCCCC3)cccc12. The quantitative estimate of drug-likeness (QED) is 0.923. The zero-order chi connectivity index (χ0) is 14.9. The van der Waals surface area contributed by atoms with Gasteiger partial charge in [-0.05, 0) is 31.0 Å². The highest BCUT2D eigenvalue weighted by atomic mass is 32.2. The Morgan fingerprint density at radius 2 is 1.67 bits per heavy atom. The fourth-order valence-electron chi connectivity index (χ4n) is 2.84. The van der Waals surface area contributed by atoms with Crippen LogP contribution in [0, 0.1) is 0 Å². The normalized spacial score (nSPS) is 17.7. The van der Waals surface area contributed by atoms with Crippen LogP contribution in [-0.4, -0.2) is 30.8 Å². The topological polar surface area (TPSA) is 70.2 Å². The molecular weight excluding hydrogens is 288 g/mol. The van der Waals surface area contributed by atoms with Gasteiger partial charge in [0.1, 0.15) is 0 Å². The van der Waals surface area contributed by atoms with E-state index in [0.717, 1.165) is 25.7 Å². The molecule has 1 aliphatic heterocycles. The van der Waals surface area contributed by atoms with Crippen LogP contribution >= 0.6 is 0 Å². The van der Waals surface area contributed by atoms with Crippen molar-refractivity contribution in [2.24, 2.45) is 0 Å². The van der Waals surface area contributed by atoms with Gasteiger partial charge in [-0.15, -0.1) is 0 Å². The number of rotatable bonds is 2. The molecule has 1 aliphatic rings. The minimum Gasteiger partial charge on any atom is -0.329 e. The summed E-state index contributed by atoms with van der Waals surface area (Å²) in [4.78, 5) is 14.6. The van der Waals surface area contributed by atoms with E-state index in [1.807, 2.05) is 0 Å². The van der Waals surface area contributed by atoms with Crippen LogP contribution in [0.15, 0.2) is 40.2 Å². The van der Waals surface area contributed by atoms with Gasteiger partial charge in [0.05, 0.1) is 4.90 Å². The van der Waals surface area contributed by atoms with Crippen molar-refractivity contribution in [1.29, 1.82) is 0 Å². The number of hydrogen-bond acceptors (Lipinski definition) is 3. The van der Waals surface area contributed by atoms with E-state index in [-0.39, 0.29) is 10.5 Å². The molecular formula is C15H18N2O3S. The highest BCUT2D eigenvalue weighted by molar-refractivity contribution is 7.89. The Hall–Kier alpha value is -1.66. The number of benzene rings is 1. The number of nitrogens with zero attached hydrogens (tertiary/aromatic N) is 1. The maximum Gasteiger partial charge on any atom is 0.255 e. The maximum atomic E-state index is 12.9. The molecule has 1 aromatic heterocycles. The lowest BCUT2D eigenvalue weighted by molar-refractivity contribution is 0.424. The number of H-pyrrole nitrogens is 1.